The van der Waals surface area contributed by atoms with Crippen molar-refractivity contribution in [3.05, 3.63) is 66.5 Å². The topological polar surface area (TPSA) is 64.0 Å². The summed E-state index contributed by atoms with van der Waals surface area (Å²) in [5.74, 6) is 0.0447. The van der Waals surface area contributed by atoms with E-state index in [0.717, 1.165) is 23.9 Å². The fraction of sp³-hybridized carbons (Fsp3) is 0.316. The van der Waals surface area contributed by atoms with E-state index in [2.05, 4.69) is 21.8 Å². The Balaban J connectivity index is 1.53. The van der Waals surface area contributed by atoms with Gasteiger partial charge in [0.25, 0.3) is 0 Å². The van der Waals surface area contributed by atoms with E-state index in [1.54, 1.807) is 6.33 Å². The number of sulfonamides is 1. The van der Waals surface area contributed by atoms with Gasteiger partial charge < -0.3 is 4.57 Å². The zero-order valence-corrected chi connectivity index (χ0v) is 15.1. The molecule has 132 valence electrons. The molecule has 0 fully saturated rings. The predicted octanol–water partition coefficient (Wildman–Crippen LogP) is 2.98. The smallest absolute Gasteiger partial charge is 0.213 e. The lowest BCUT2D eigenvalue weighted by Crippen LogP contribution is -2.35. The highest BCUT2D eigenvalue weighted by Crippen LogP contribution is 2.12. The van der Waals surface area contributed by atoms with E-state index in [-0.39, 0.29) is 11.8 Å². The van der Waals surface area contributed by atoms with Gasteiger partial charge in [0.2, 0.25) is 10.0 Å². The fourth-order valence-electron chi connectivity index (χ4n) is 2.86. The number of hydrogen-bond acceptors (Lipinski definition) is 3. The zero-order chi connectivity index (χ0) is 17.7. The van der Waals surface area contributed by atoms with Crippen LogP contribution in [0.1, 0.15) is 18.9 Å². The number of rotatable bonds is 8. The molecule has 0 amide bonds. The maximum Gasteiger partial charge on any atom is 0.213 e. The van der Waals surface area contributed by atoms with Crippen LogP contribution in [0.4, 0.5) is 0 Å². The Hall–Kier alpha value is -2.18. The predicted molar refractivity (Wildman–Crippen MR) is 101 cm³/mol. The summed E-state index contributed by atoms with van der Waals surface area (Å²) in [6, 6.07) is 17.7. The van der Waals surface area contributed by atoms with Crippen LogP contribution in [0.3, 0.4) is 0 Å². The Morgan fingerprint density at radius 1 is 1.08 bits per heavy atom. The van der Waals surface area contributed by atoms with E-state index in [1.807, 2.05) is 54.0 Å². The third kappa shape index (κ3) is 4.90. The lowest BCUT2D eigenvalue weighted by molar-refractivity contribution is 0.542. The van der Waals surface area contributed by atoms with Gasteiger partial charge in [-0.1, -0.05) is 42.5 Å². The highest BCUT2D eigenvalue weighted by Gasteiger charge is 2.15. The number of benzene rings is 2. The van der Waals surface area contributed by atoms with Crippen LogP contribution in [0.2, 0.25) is 0 Å². The molecule has 0 aliphatic rings. The minimum atomic E-state index is -3.33. The van der Waals surface area contributed by atoms with Gasteiger partial charge in [0.05, 0.1) is 23.1 Å². The van der Waals surface area contributed by atoms with E-state index in [9.17, 15) is 8.42 Å². The Kier molecular flexibility index (Phi) is 5.50. The number of fused-ring (bicyclic) bond motifs is 1. The van der Waals surface area contributed by atoms with Gasteiger partial charge in [-0.3, -0.25) is 0 Å². The molecule has 0 aliphatic heterocycles. The first kappa shape index (κ1) is 17.6. The number of nitrogens with zero attached hydrogens (tertiary/aromatic N) is 2. The molecule has 1 atom stereocenters. The lowest BCUT2D eigenvalue weighted by Gasteiger charge is -2.14. The summed E-state index contributed by atoms with van der Waals surface area (Å²) in [7, 11) is -3.33. The molecule has 2 aromatic carbocycles. The van der Waals surface area contributed by atoms with Crippen molar-refractivity contribution in [2.45, 2.75) is 32.4 Å². The third-order valence-corrected chi connectivity index (χ3v) is 5.70. The second-order valence-electron chi connectivity index (χ2n) is 6.29. The maximum absolute atomic E-state index is 12.3. The highest BCUT2D eigenvalue weighted by molar-refractivity contribution is 7.89. The molecular weight excluding hydrogens is 334 g/mol. The summed E-state index contributed by atoms with van der Waals surface area (Å²) in [6.07, 6.45) is 3.33. The highest BCUT2D eigenvalue weighted by atomic mass is 32.2. The standard InChI is InChI=1S/C19H23N3O2S/c1-16(11-12-17-7-3-2-4-8-17)21-25(23,24)14-13-22-15-20-18-9-5-6-10-19(18)22/h2-10,15-16,21H,11-14H2,1H3/t16-/m0/s1. The minimum absolute atomic E-state index is 0.0447. The number of imidazole rings is 1. The molecule has 1 aromatic heterocycles. The normalized spacial score (nSPS) is 13.2. The molecule has 0 unspecified atom stereocenters. The van der Waals surface area contributed by atoms with Crippen molar-refractivity contribution in [2.24, 2.45) is 0 Å². The fourth-order valence-corrected chi connectivity index (χ4v) is 4.15. The molecule has 1 N–H and O–H groups in total. The van der Waals surface area contributed by atoms with E-state index < -0.39 is 10.0 Å². The van der Waals surface area contributed by atoms with Crippen LogP contribution >= 0.6 is 0 Å². The quantitative estimate of drug-likeness (QED) is 0.674. The molecule has 3 aromatic rings. The molecule has 6 heteroatoms. The van der Waals surface area contributed by atoms with E-state index >= 15 is 0 Å². The average Bonchev–Trinajstić information content (AvgIpc) is 3.02. The van der Waals surface area contributed by atoms with E-state index in [4.69, 9.17) is 0 Å². The van der Waals surface area contributed by atoms with Crippen molar-refractivity contribution in [1.29, 1.82) is 0 Å². The summed E-state index contributed by atoms with van der Waals surface area (Å²) < 4.78 is 29.3. The van der Waals surface area contributed by atoms with Gasteiger partial charge in [0.15, 0.2) is 0 Å². The van der Waals surface area contributed by atoms with Crippen molar-refractivity contribution in [3.8, 4) is 0 Å². The van der Waals surface area contributed by atoms with Crippen molar-refractivity contribution in [2.75, 3.05) is 5.75 Å². The number of aryl methyl sites for hydroxylation is 2. The monoisotopic (exact) mass is 357 g/mol. The average molecular weight is 357 g/mol. The largest absolute Gasteiger partial charge is 0.330 e. The summed E-state index contributed by atoms with van der Waals surface area (Å²) in [5.41, 5.74) is 3.05. The Labute approximate surface area is 148 Å². The molecule has 0 aliphatic carbocycles. The summed E-state index contributed by atoms with van der Waals surface area (Å²) in [4.78, 5) is 4.29. The van der Waals surface area contributed by atoms with Crippen LogP contribution < -0.4 is 4.72 Å². The van der Waals surface area contributed by atoms with E-state index in [0.29, 0.717) is 6.54 Å². The van der Waals surface area contributed by atoms with Gasteiger partial charge in [-0.15, -0.1) is 0 Å². The molecular formula is C19H23N3O2S. The summed E-state index contributed by atoms with van der Waals surface area (Å²) in [5, 5.41) is 0. The molecule has 0 saturated carbocycles. The number of nitrogens with one attached hydrogen (secondary N) is 1. The molecule has 0 bridgehead atoms. The first-order valence-electron chi connectivity index (χ1n) is 8.47. The molecule has 0 radical (unpaired) electrons. The van der Waals surface area contributed by atoms with Crippen molar-refractivity contribution >= 4 is 21.1 Å². The van der Waals surface area contributed by atoms with Gasteiger partial charge in [-0.05, 0) is 37.5 Å². The van der Waals surface area contributed by atoms with Gasteiger partial charge in [-0.2, -0.15) is 0 Å². The van der Waals surface area contributed by atoms with Crippen LogP contribution in [-0.4, -0.2) is 29.8 Å². The first-order valence-corrected chi connectivity index (χ1v) is 10.1. The zero-order valence-electron chi connectivity index (χ0n) is 14.3. The second-order valence-corrected chi connectivity index (χ2v) is 8.16. The van der Waals surface area contributed by atoms with Gasteiger partial charge in [-0.25, -0.2) is 18.1 Å². The van der Waals surface area contributed by atoms with E-state index in [1.165, 1.54) is 5.56 Å². The summed E-state index contributed by atoms with van der Waals surface area (Å²) >= 11 is 0. The van der Waals surface area contributed by atoms with Crippen LogP contribution in [0.5, 0.6) is 0 Å². The SMILES string of the molecule is C[C@@H](CCc1ccccc1)NS(=O)(=O)CCn1cnc2ccccc21. The molecule has 0 spiro atoms. The molecule has 25 heavy (non-hydrogen) atoms. The van der Waals surface area contributed by atoms with Crippen LogP contribution in [0.15, 0.2) is 60.9 Å². The minimum Gasteiger partial charge on any atom is -0.330 e. The number of para-hydroxylation sites is 2. The third-order valence-electron chi connectivity index (χ3n) is 4.22. The van der Waals surface area contributed by atoms with Crippen LogP contribution in [0.25, 0.3) is 11.0 Å². The summed E-state index contributed by atoms with van der Waals surface area (Å²) in [6.45, 7) is 2.30. The lowest BCUT2D eigenvalue weighted by atomic mass is 10.1. The van der Waals surface area contributed by atoms with Crippen molar-refractivity contribution < 1.29 is 8.42 Å². The molecule has 3 rings (SSSR count). The van der Waals surface area contributed by atoms with Crippen LogP contribution in [0, 0.1) is 0 Å². The van der Waals surface area contributed by atoms with Gasteiger partial charge >= 0.3 is 0 Å². The molecule has 1 heterocycles. The maximum atomic E-state index is 12.3. The molecule has 0 saturated heterocycles. The Bertz CT molecular complexity index is 920. The number of hydrogen-bond donors (Lipinski definition) is 1. The second kappa shape index (κ2) is 7.80. The molecule has 5 nitrogen and oxygen atoms in total. The van der Waals surface area contributed by atoms with Crippen LogP contribution in [-0.2, 0) is 23.0 Å². The Morgan fingerprint density at radius 3 is 2.60 bits per heavy atom. The van der Waals surface area contributed by atoms with Crippen molar-refractivity contribution in [3.63, 3.8) is 0 Å². The van der Waals surface area contributed by atoms with Gasteiger partial charge in [0, 0.05) is 12.6 Å². The van der Waals surface area contributed by atoms with Gasteiger partial charge in [0.1, 0.15) is 0 Å². The Morgan fingerprint density at radius 2 is 1.80 bits per heavy atom. The number of aromatic nitrogens is 2. The van der Waals surface area contributed by atoms with Crippen molar-refractivity contribution in [1.82, 2.24) is 14.3 Å². The first-order chi connectivity index (χ1) is 12.0.